The maximum absolute atomic E-state index is 12.9. The van der Waals surface area contributed by atoms with E-state index in [0.717, 1.165) is 24.4 Å². The van der Waals surface area contributed by atoms with Gasteiger partial charge in [0.15, 0.2) is 0 Å². The second kappa shape index (κ2) is 9.40. The molecule has 1 amide bonds. The molecule has 2 heteroatoms. The molecule has 1 aromatic rings. The zero-order valence-corrected chi connectivity index (χ0v) is 16.9. The normalized spacial score (nSPS) is 20.9. The summed E-state index contributed by atoms with van der Waals surface area (Å²) in [5.41, 5.74) is 3.60. The number of hydrogen-bond donors (Lipinski definition) is 1. The second-order valence-electron chi connectivity index (χ2n) is 8.47. The van der Waals surface area contributed by atoms with Crippen LogP contribution in [0, 0.1) is 11.8 Å². The first-order valence-corrected chi connectivity index (χ1v) is 10.4. The lowest BCUT2D eigenvalue weighted by Gasteiger charge is -2.29. The Labute approximate surface area is 154 Å². The van der Waals surface area contributed by atoms with Gasteiger partial charge >= 0.3 is 0 Å². The van der Waals surface area contributed by atoms with Crippen molar-refractivity contribution in [3.05, 3.63) is 29.3 Å². The van der Waals surface area contributed by atoms with Crippen LogP contribution < -0.4 is 5.32 Å². The fourth-order valence-corrected chi connectivity index (χ4v) is 4.13. The van der Waals surface area contributed by atoms with E-state index in [1.807, 2.05) is 0 Å². The Morgan fingerprint density at radius 1 is 1.04 bits per heavy atom. The number of carbonyl (C=O) groups excluding carboxylic acids is 1. The molecule has 140 valence electrons. The minimum Gasteiger partial charge on any atom is -0.325 e. The molecule has 25 heavy (non-hydrogen) atoms. The number of hydrogen-bond acceptors (Lipinski definition) is 1. The lowest BCUT2D eigenvalue weighted by molar-refractivity contribution is -0.121. The van der Waals surface area contributed by atoms with Crippen LogP contribution in [0.2, 0.25) is 0 Å². The molecule has 1 aliphatic rings. The minimum atomic E-state index is 0.193. The standard InChI is InChI=1S/C23H37NO/c1-6-7-9-18-12-14-19(15-13-18)23(25)24-22-20(16(2)3)10-8-11-21(22)17(4)5/h8,10-11,16-19H,6-7,9,12-15H2,1-5H3,(H,24,25). The van der Waals surface area contributed by atoms with Gasteiger partial charge in [0.2, 0.25) is 5.91 Å². The first-order valence-electron chi connectivity index (χ1n) is 10.4. The van der Waals surface area contributed by atoms with E-state index >= 15 is 0 Å². The number of para-hydroxylation sites is 1. The molecule has 0 aliphatic heterocycles. The number of unbranched alkanes of at least 4 members (excludes halogenated alkanes) is 1. The Hall–Kier alpha value is -1.31. The molecule has 0 spiro atoms. The van der Waals surface area contributed by atoms with E-state index < -0.39 is 0 Å². The van der Waals surface area contributed by atoms with Crippen LogP contribution in [0.1, 0.15) is 103 Å². The summed E-state index contributed by atoms with van der Waals surface area (Å²) < 4.78 is 0. The number of nitrogens with one attached hydrogen (secondary N) is 1. The number of carbonyl (C=O) groups is 1. The van der Waals surface area contributed by atoms with Crippen molar-refractivity contribution < 1.29 is 4.79 Å². The number of rotatable bonds is 7. The van der Waals surface area contributed by atoms with Crippen LogP contribution in [-0.2, 0) is 4.79 Å². The molecule has 0 radical (unpaired) electrons. The van der Waals surface area contributed by atoms with Gasteiger partial charge in [-0.2, -0.15) is 0 Å². The van der Waals surface area contributed by atoms with Gasteiger partial charge in [0, 0.05) is 11.6 Å². The third-order valence-corrected chi connectivity index (χ3v) is 5.80. The van der Waals surface area contributed by atoms with Gasteiger partial charge in [0.1, 0.15) is 0 Å². The lowest BCUT2D eigenvalue weighted by Crippen LogP contribution is -2.28. The fourth-order valence-electron chi connectivity index (χ4n) is 4.13. The SMILES string of the molecule is CCCCC1CCC(C(=O)Nc2c(C(C)C)cccc2C(C)C)CC1. The fraction of sp³-hybridized carbons (Fsp3) is 0.696. The molecule has 1 N–H and O–H groups in total. The summed E-state index contributed by atoms with van der Waals surface area (Å²) in [6.45, 7) is 11.1. The molecular formula is C23H37NO. The van der Waals surface area contributed by atoms with Gasteiger partial charge < -0.3 is 5.32 Å². The highest BCUT2D eigenvalue weighted by Gasteiger charge is 2.27. The predicted molar refractivity (Wildman–Crippen MR) is 108 cm³/mol. The third kappa shape index (κ3) is 5.33. The zero-order valence-electron chi connectivity index (χ0n) is 16.9. The number of benzene rings is 1. The molecular weight excluding hydrogens is 306 g/mol. The van der Waals surface area contributed by atoms with E-state index in [2.05, 4.69) is 58.1 Å². The van der Waals surface area contributed by atoms with Gasteiger partial charge in [-0.05, 0) is 54.6 Å². The van der Waals surface area contributed by atoms with Gasteiger partial charge in [0.25, 0.3) is 0 Å². The molecule has 0 aromatic heterocycles. The van der Waals surface area contributed by atoms with Crippen LogP contribution in [0.3, 0.4) is 0 Å². The van der Waals surface area contributed by atoms with Crippen molar-refractivity contribution >= 4 is 11.6 Å². The van der Waals surface area contributed by atoms with E-state index in [0.29, 0.717) is 11.8 Å². The smallest absolute Gasteiger partial charge is 0.227 e. The summed E-state index contributed by atoms with van der Waals surface area (Å²) in [6, 6.07) is 6.45. The summed E-state index contributed by atoms with van der Waals surface area (Å²) >= 11 is 0. The number of anilines is 1. The Bertz CT molecular complexity index is 527. The highest BCUT2D eigenvalue weighted by Crippen LogP contribution is 2.35. The van der Waals surface area contributed by atoms with Crippen LogP contribution in [0.25, 0.3) is 0 Å². The summed E-state index contributed by atoms with van der Waals surface area (Å²) in [5, 5.41) is 3.33. The first kappa shape index (κ1) is 20.0. The molecule has 2 nitrogen and oxygen atoms in total. The van der Waals surface area contributed by atoms with Gasteiger partial charge in [-0.1, -0.05) is 72.1 Å². The first-order chi connectivity index (χ1) is 11.9. The molecule has 0 atom stereocenters. The van der Waals surface area contributed by atoms with Crippen molar-refractivity contribution in [1.82, 2.24) is 0 Å². The van der Waals surface area contributed by atoms with E-state index in [1.165, 1.54) is 43.2 Å². The van der Waals surface area contributed by atoms with Gasteiger partial charge in [-0.3, -0.25) is 4.79 Å². The van der Waals surface area contributed by atoms with E-state index in [4.69, 9.17) is 0 Å². The van der Waals surface area contributed by atoms with E-state index in [-0.39, 0.29) is 11.8 Å². The molecule has 1 saturated carbocycles. The molecule has 0 heterocycles. The zero-order chi connectivity index (χ0) is 18.4. The maximum Gasteiger partial charge on any atom is 0.227 e. The predicted octanol–water partition coefficient (Wildman–Crippen LogP) is 6.87. The van der Waals surface area contributed by atoms with Gasteiger partial charge in [-0.25, -0.2) is 0 Å². The van der Waals surface area contributed by atoms with Crippen molar-refractivity contribution in [2.24, 2.45) is 11.8 Å². The van der Waals surface area contributed by atoms with Crippen molar-refractivity contribution in [2.75, 3.05) is 5.32 Å². The van der Waals surface area contributed by atoms with Gasteiger partial charge in [-0.15, -0.1) is 0 Å². The van der Waals surface area contributed by atoms with Crippen molar-refractivity contribution in [1.29, 1.82) is 0 Å². The summed E-state index contributed by atoms with van der Waals surface area (Å²) in [6.07, 6.45) is 8.52. The Morgan fingerprint density at radius 2 is 1.60 bits per heavy atom. The number of amides is 1. The molecule has 2 rings (SSSR count). The maximum atomic E-state index is 12.9. The highest BCUT2D eigenvalue weighted by atomic mass is 16.1. The van der Waals surface area contributed by atoms with Crippen LogP contribution in [0.4, 0.5) is 5.69 Å². The topological polar surface area (TPSA) is 29.1 Å². The van der Waals surface area contributed by atoms with Crippen molar-refractivity contribution in [3.8, 4) is 0 Å². The van der Waals surface area contributed by atoms with Crippen molar-refractivity contribution in [2.45, 2.75) is 91.4 Å². The summed E-state index contributed by atoms with van der Waals surface area (Å²) in [4.78, 5) is 12.9. The Balaban J connectivity index is 2.06. The highest BCUT2D eigenvalue weighted by molar-refractivity contribution is 5.94. The third-order valence-electron chi connectivity index (χ3n) is 5.80. The lowest BCUT2D eigenvalue weighted by atomic mass is 9.79. The van der Waals surface area contributed by atoms with Crippen molar-refractivity contribution in [3.63, 3.8) is 0 Å². The molecule has 1 fully saturated rings. The quantitative estimate of drug-likeness (QED) is 0.575. The Morgan fingerprint density at radius 3 is 2.08 bits per heavy atom. The second-order valence-corrected chi connectivity index (χ2v) is 8.47. The average molecular weight is 344 g/mol. The summed E-state index contributed by atoms with van der Waals surface area (Å²) in [5.74, 6) is 2.11. The minimum absolute atomic E-state index is 0.193. The molecule has 0 unspecified atom stereocenters. The Kier molecular flexibility index (Phi) is 7.53. The van der Waals surface area contributed by atoms with Crippen LogP contribution in [-0.4, -0.2) is 5.91 Å². The summed E-state index contributed by atoms with van der Waals surface area (Å²) in [7, 11) is 0. The molecule has 0 saturated heterocycles. The van der Waals surface area contributed by atoms with Crippen LogP contribution in [0.15, 0.2) is 18.2 Å². The monoisotopic (exact) mass is 343 g/mol. The van der Waals surface area contributed by atoms with Crippen LogP contribution >= 0.6 is 0 Å². The molecule has 0 bridgehead atoms. The van der Waals surface area contributed by atoms with Crippen LogP contribution in [0.5, 0.6) is 0 Å². The van der Waals surface area contributed by atoms with E-state index in [9.17, 15) is 4.79 Å². The molecule has 1 aliphatic carbocycles. The average Bonchev–Trinajstić information content (AvgIpc) is 2.60. The largest absolute Gasteiger partial charge is 0.325 e. The van der Waals surface area contributed by atoms with E-state index in [1.54, 1.807) is 0 Å². The molecule has 1 aromatic carbocycles. The van der Waals surface area contributed by atoms with Gasteiger partial charge in [0.05, 0.1) is 0 Å².